The number of aliphatic hydroxyl groups is 1. The van der Waals surface area contributed by atoms with Gasteiger partial charge in [-0.15, -0.1) is 11.3 Å². The van der Waals surface area contributed by atoms with Crippen molar-refractivity contribution in [2.45, 2.75) is 39.7 Å². The van der Waals surface area contributed by atoms with E-state index in [-0.39, 0.29) is 6.42 Å². The van der Waals surface area contributed by atoms with Gasteiger partial charge in [-0.2, -0.15) is 5.10 Å². The van der Waals surface area contributed by atoms with Crippen LogP contribution in [0, 0.1) is 6.92 Å². The van der Waals surface area contributed by atoms with Crippen molar-refractivity contribution in [1.29, 1.82) is 0 Å². The zero-order valence-corrected chi connectivity index (χ0v) is 26.1. The number of nitrogens with zero attached hydrogens (tertiary/aromatic N) is 4. The number of aliphatic carboxylic acids is 1. The van der Waals surface area contributed by atoms with E-state index in [2.05, 4.69) is 11.2 Å². The summed E-state index contributed by atoms with van der Waals surface area (Å²) in [7, 11) is 1.91. The summed E-state index contributed by atoms with van der Waals surface area (Å²) in [4.78, 5) is 21.6. The summed E-state index contributed by atoms with van der Waals surface area (Å²) in [5.74, 6) is -0.892. The molecule has 0 radical (unpaired) electrons. The van der Waals surface area contributed by atoms with E-state index in [4.69, 9.17) is 32.4 Å². The fraction of sp³-hybridized carbons (Fsp3) is 0.212. The topological polar surface area (TPSA) is 127 Å². The predicted octanol–water partition coefficient (Wildman–Crippen LogP) is 7.53. The quantitative estimate of drug-likeness (QED) is 0.183. The highest BCUT2D eigenvalue weighted by atomic mass is 35.5. The largest absolute Gasteiger partial charge is 0.481 e. The minimum atomic E-state index is -0.892. The number of pyridine rings is 1. The Labute approximate surface area is 258 Å². The maximum Gasteiger partial charge on any atom is 0.307 e. The first kappa shape index (κ1) is 30.2. The van der Waals surface area contributed by atoms with E-state index in [1.165, 1.54) is 11.3 Å². The Kier molecular flexibility index (Phi) is 8.25. The SMILES string of the molecule is CC(C)(C)O.Cc1cc2nc(-c3nc(-c4ccc5c(cnn5C)c4)ccc3N)sc2c(-c2ccc(Cl)cc2)c1CC(=O)O. The van der Waals surface area contributed by atoms with Gasteiger partial charge in [0.1, 0.15) is 10.7 Å². The number of carbonyl (C=O) groups is 1. The lowest BCUT2D eigenvalue weighted by Crippen LogP contribution is -2.10. The number of anilines is 1. The third kappa shape index (κ3) is 6.69. The zero-order chi connectivity index (χ0) is 31.1. The van der Waals surface area contributed by atoms with Crippen LogP contribution >= 0.6 is 22.9 Å². The Morgan fingerprint density at radius 3 is 2.37 bits per heavy atom. The molecular weight excluding hydrogens is 582 g/mol. The van der Waals surface area contributed by atoms with Crippen LogP contribution in [-0.4, -0.2) is 41.5 Å². The normalized spacial score (nSPS) is 11.5. The Morgan fingerprint density at radius 2 is 1.70 bits per heavy atom. The van der Waals surface area contributed by atoms with Gasteiger partial charge < -0.3 is 15.9 Å². The molecule has 4 N–H and O–H groups in total. The molecule has 0 saturated carbocycles. The lowest BCUT2D eigenvalue weighted by molar-refractivity contribution is -0.136. The van der Waals surface area contributed by atoms with Crippen molar-refractivity contribution >= 4 is 55.7 Å². The van der Waals surface area contributed by atoms with E-state index in [9.17, 15) is 9.90 Å². The number of fused-ring (bicyclic) bond motifs is 2. The Hall–Kier alpha value is -4.31. The first-order valence-electron chi connectivity index (χ1n) is 13.6. The molecular formula is C33H32ClN5O3S. The number of aryl methyl sites for hydroxylation is 2. The fourth-order valence-electron chi connectivity index (χ4n) is 4.76. The van der Waals surface area contributed by atoms with Crippen LogP contribution in [0.15, 0.2) is 66.9 Å². The van der Waals surface area contributed by atoms with Gasteiger partial charge in [-0.05, 0) is 86.8 Å². The second-order valence-corrected chi connectivity index (χ2v) is 12.8. The van der Waals surface area contributed by atoms with Gasteiger partial charge in [0.15, 0.2) is 0 Å². The van der Waals surface area contributed by atoms with Crippen LogP contribution in [0.3, 0.4) is 0 Å². The molecule has 6 aromatic rings. The Morgan fingerprint density at radius 1 is 1.02 bits per heavy atom. The smallest absolute Gasteiger partial charge is 0.307 e. The first-order valence-corrected chi connectivity index (χ1v) is 14.8. The summed E-state index contributed by atoms with van der Waals surface area (Å²) in [6.45, 7) is 7.14. The standard InChI is InChI=1S/C29H22ClN5O2S.C4H10O/c1-15-11-23-28(26(20(15)13-25(36)37)16-3-6-19(30)7-4-16)38-29(34-23)27-21(31)8-9-22(33-27)17-5-10-24-18(12-17)14-32-35(24)2;1-4(2,3)5/h3-12,14H,13,31H2,1-2H3,(H,36,37);5H,1-3H3. The van der Waals surface area contributed by atoms with Crippen LogP contribution in [0.25, 0.3) is 54.2 Å². The second-order valence-electron chi connectivity index (χ2n) is 11.3. The average Bonchev–Trinajstić information content (AvgIpc) is 3.51. The lowest BCUT2D eigenvalue weighted by atomic mass is 9.93. The monoisotopic (exact) mass is 613 g/mol. The molecule has 0 amide bonds. The molecule has 0 saturated heterocycles. The van der Waals surface area contributed by atoms with Gasteiger partial charge in [-0.3, -0.25) is 9.48 Å². The van der Waals surface area contributed by atoms with Crippen LogP contribution in [0.2, 0.25) is 5.02 Å². The molecule has 0 spiro atoms. The van der Waals surface area contributed by atoms with Gasteiger partial charge in [-0.25, -0.2) is 9.97 Å². The van der Waals surface area contributed by atoms with Crippen molar-refractivity contribution in [3.05, 3.63) is 83.0 Å². The highest BCUT2D eigenvalue weighted by Crippen LogP contribution is 2.42. The van der Waals surface area contributed by atoms with Gasteiger partial charge in [0.25, 0.3) is 0 Å². The molecule has 0 aliphatic carbocycles. The third-order valence-corrected chi connectivity index (χ3v) is 7.99. The zero-order valence-electron chi connectivity index (χ0n) is 24.5. The number of carboxylic acid groups (broad SMARTS) is 1. The molecule has 0 fully saturated rings. The molecule has 3 aromatic carbocycles. The maximum absolute atomic E-state index is 11.8. The molecule has 0 aliphatic rings. The summed E-state index contributed by atoms with van der Waals surface area (Å²) in [5, 5.41) is 24.8. The summed E-state index contributed by atoms with van der Waals surface area (Å²) >= 11 is 7.60. The predicted molar refractivity (Wildman–Crippen MR) is 175 cm³/mol. The van der Waals surface area contributed by atoms with Crippen molar-refractivity contribution in [2.24, 2.45) is 7.05 Å². The molecule has 3 aromatic heterocycles. The van der Waals surface area contributed by atoms with Crippen LogP contribution in [-0.2, 0) is 18.3 Å². The van der Waals surface area contributed by atoms with E-state index in [1.54, 1.807) is 32.9 Å². The summed E-state index contributed by atoms with van der Waals surface area (Å²) in [6, 6.07) is 19.2. The van der Waals surface area contributed by atoms with Gasteiger partial charge in [0.05, 0.1) is 45.3 Å². The van der Waals surface area contributed by atoms with E-state index < -0.39 is 11.6 Å². The number of halogens is 1. The number of hydrogen-bond donors (Lipinski definition) is 3. The van der Waals surface area contributed by atoms with E-state index >= 15 is 0 Å². The average molecular weight is 614 g/mol. The van der Waals surface area contributed by atoms with Gasteiger partial charge >= 0.3 is 5.97 Å². The second kappa shape index (κ2) is 11.8. The van der Waals surface area contributed by atoms with E-state index in [1.807, 2.05) is 67.3 Å². The minimum Gasteiger partial charge on any atom is -0.481 e. The Bertz CT molecular complexity index is 1970. The molecule has 10 heteroatoms. The van der Waals surface area contributed by atoms with Gasteiger partial charge in [0, 0.05) is 28.6 Å². The van der Waals surface area contributed by atoms with Crippen molar-refractivity contribution in [1.82, 2.24) is 19.7 Å². The van der Waals surface area contributed by atoms with Crippen LogP contribution in [0.4, 0.5) is 5.69 Å². The molecule has 0 atom stereocenters. The molecule has 8 nitrogen and oxygen atoms in total. The number of thiazole rings is 1. The number of aromatic nitrogens is 4. The summed E-state index contributed by atoms with van der Waals surface area (Å²) in [6.07, 6.45) is 1.74. The highest BCUT2D eigenvalue weighted by Gasteiger charge is 2.21. The first-order chi connectivity index (χ1) is 20.3. The third-order valence-electron chi connectivity index (χ3n) is 6.64. The van der Waals surface area contributed by atoms with E-state index in [0.29, 0.717) is 21.4 Å². The van der Waals surface area contributed by atoms with Crippen LogP contribution in [0.1, 0.15) is 31.9 Å². The van der Waals surface area contributed by atoms with Crippen LogP contribution in [0.5, 0.6) is 0 Å². The van der Waals surface area contributed by atoms with Crippen molar-refractivity contribution in [3.63, 3.8) is 0 Å². The molecule has 0 unspecified atom stereocenters. The number of nitrogens with two attached hydrogens (primary N) is 1. The number of rotatable bonds is 5. The molecule has 220 valence electrons. The number of hydrogen-bond acceptors (Lipinski definition) is 7. The highest BCUT2D eigenvalue weighted by molar-refractivity contribution is 7.22. The molecule has 6 rings (SSSR count). The van der Waals surface area contributed by atoms with Gasteiger partial charge in [0.2, 0.25) is 0 Å². The Balaban J connectivity index is 0.000000682. The molecule has 0 bridgehead atoms. The summed E-state index contributed by atoms with van der Waals surface area (Å²) < 4.78 is 2.72. The minimum absolute atomic E-state index is 0.0976. The number of benzene rings is 3. The molecule has 3 heterocycles. The number of nitrogen functional groups attached to an aromatic ring is 1. The van der Waals surface area contributed by atoms with Gasteiger partial charge in [-0.1, -0.05) is 29.8 Å². The maximum atomic E-state index is 11.8. The molecule has 43 heavy (non-hydrogen) atoms. The molecule has 0 aliphatic heterocycles. The fourth-order valence-corrected chi connectivity index (χ4v) is 6.04. The summed E-state index contributed by atoms with van der Waals surface area (Å²) in [5.41, 5.74) is 13.9. The van der Waals surface area contributed by atoms with Crippen LogP contribution < -0.4 is 5.73 Å². The number of carboxylic acids is 1. The lowest BCUT2D eigenvalue weighted by Gasteiger charge is -2.13. The van der Waals surface area contributed by atoms with Crippen molar-refractivity contribution in [3.8, 4) is 33.1 Å². The van der Waals surface area contributed by atoms with Crippen molar-refractivity contribution < 1.29 is 15.0 Å². The van der Waals surface area contributed by atoms with E-state index in [0.717, 1.165) is 54.6 Å². The van der Waals surface area contributed by atoms with Crippen molar-refractivity contribution in [2.75, 3.05) is 5.73 Å².